The molecule has 4 fully saturated rings. The summed E-state index contributed by atoms with van der Waals surface area (Å²) in [5.41, 5.74) is 6.84. The van der Waals surface area contributed by atoms with E-state index in [0.717, 1.165) is 50.7 Å². The Labute approximate surface area is 163 Å². The summed E-state index contributed by atoms with van der Waals surface area (Å²) in [4.78, 5) is 18.0. The zero-order valence-electron chi connectivity index (χ0n) is 16.9. The molecule has 0 heterocycles. The number of rotatable bonds is 3. The maximum absolute atomic E-state index is 12.6. The van der Waals surface area contributed by atoms with Crippen LogP contribution in [0.3, 0.4) is 0 Å². The molecule has 0 amide bonds. The Morgan fingerprint density at radius 2 is 2.04 bits per heavy atom. The summed E-state index contributed by atoms with van der Waals surface area (Å²) in [6, 6.07) is 0. The topological polar surface area (TPSA) is 64.7 Å². The van der Waals surface area contributed by atoms with Gasteiger partial charge in [-0.25, -0.2) is 0 Å². The molecule has 0 bridgehead atoms. The predicted octanol–water partition coefficient (Wildman–Crippen LogP) is 3.79. The molecule has 0 aromatic heterocycles. The molecule has 4 heteroatoms. The quantitative estimate of drug-likeness (QED) is 0.467. The van der Waals surface area contributed by atoms with Gasteiger partial charge in [0.15, 0.2) is 0 Å². The van der Waals surface area contributed by atoms with Crippen molar-refractivity contribution in [2.45, 2.75) is 65.2 Å². The van der Waals surface area contributed by atoms with Crippen molar-refractivity contribution in [2.75, 3.05) is 13.2 Å². The fourth-order valence-electron chi connectivity index (χ4n) is 7.37. The van der Waals surface area contributed by atoms with Crippen LogP contribution in [0.1, 0.15) is 65.2 Å². The van der Waals surface area contributed by atoms with Crippen LogP contribution in [-0.2, 0) is 9.63 Å². The van der Waals surface area contributed by atoms with E-state index >= 15 is 0 Å². The van der Waals surface area contributed by atoms with E-state index < -0.39 is 0 Å². The van der Waals surface area contributed by atoms with Crippen LogP contribution in [0.5, 0.6) is 0 Å². The fourth-order valence-corrected chi connectivity index (χ4v) is 7.37. The molecule has 4 rings (SSSR count). The molecule has 4 aliphatic carbocycles. The van der Waals surface area contributed by atoms with Gasteiger partial charge in [0.25, 0.3) is 0 Å². The average molecular weight is 371 g/mol. The molecule has 7 atom stereocenters. The minimum absolute atomic E-state index is 0.0825. The highest BCUT2D eigenvalue weighted by Gasteiger charge is 2.61. The third kappa shape index (κ3) is 2.85. The van der Waals surface area contributed by atoms with Crippen molar-refractivity contribution < 1.29 is 9.63 Å². The zero-order chi connectivity index (χ0) is 19.2. The number of oxime groups is 1. The van der Waals surface area contributed by atoms with Crippen LogP contribution in [0.2, 0.25) is 0 Å². The Hall–Kier alpha value is -1.34. The van der Waals surface area contributed by atoms with Crippen LogP contribution in [0.25, 0.3) is 0 Å². The highest BCUT2D eigenvalue weighted by molar-refractivity contribution is 5.87. The molecule has 0 aromatic carbocycles. The maximum atomic E-state index is 12.6. The number of fused-ring (bicyclic) bond motifs is 5. The van der Waals surface area contributed by atoms with Gasteiger partial charge in [0.1, 0.15) is 12.4 Å². The third-order valence-corrected chi connectivity index (χ3v) is 8.88. The zero-order valence-corrected chi connectivity index (χ0v) is 16.9. The van der Waals surface area contributed by atoms with E-state index in [1.807, 2.05) is 0 Å². The van der Waals surface area contributed by atoms with Crippen molar-refractivity contribution >= 4 is 11.5 Å². The van der Waals surface area contributed by atoms with Crippen molar-refractivity contribution in [2.24, 2.45) is 51.3 Å². The van der Waals surface area contributed by atoms with Gasteiger partial charge in [-0.05, 0) is 74.0 Å². The molecule has 2 N–H and O–H groups in total. The van der Waals surface area contributed by atoms with Gasteiger partial charge in [0.05, 0.1) is 5.71 Å². The van der Waals surface area contributed by atoms with Gasteiger partial charge >= 0.3 is 0 Å². The lowest BCUT2D eigenvalue weighted by molar-refractivity contribution is -0.139. The molecule has 0 spiro atoms. The van der Waals surface area contributed by atoms with Crippen molar-refractivity contribution in [3.8, 4) is 12.3 Å². The number of hydrogen-bond acceptors (Lipinski definition) is 4. The summed E-state index contributed by atoms with van der Waals surface area (Å²) in [6.07, 6.45) is 14.3. The van der Waals surface area contributed by atoms with E-state index in [1.54, 1.807) is 0 Å². The molecule has 0 saturated heterocycles. The van der Waals surface area contributed by atoms with Gasteiger partial charge in [-0.1, -0.05) is 19.0 Å². The Kier molecular flexibility index (Phi) is 4.87. The van der Waals surface area contributed by atoms with Crippen LogP contribution < -0.4 is 5.73 Å². The second kappa shape index (κ2) is 6.92. The number of hydrogen-bond donors (Lipinski definition) is 1. The number of terminal acetylenes is 1. The normalized spacial score (nSPS) is 47.7. The summed E-state index contributed by atoms with van der Waals surface area (Å²) in [6.45, 7) is 5.69. The second-order valence-electron chi connectivity index (χ2n) is 9.90. The van der Waals surface area contributed by atoms with E-state index in [9.17, 15) is 4.79 Å². The first kappa shape index (κ1) is 19.0. The van der Waals surface area contributed by atoms with Crippen LogP contribution in [0.4, 0.5) is 0 Å². The van der Waals surface area contributed by atoms with Crippen molar-refractivity contribution in [1.29, 1.82) is 0 Å². The monoisotopic (exact) mass is 370 g/mol. The largest absolute Gasteiger partial charge is 0.395 e. The van der Waals surface area contributed by atoms with Crippen molar-refractivity contribution in [3.05, 3.63) is 0 Å². The molecule has 148 valence electrons. The van der Waals surface area contributed by atoms with Crippen molar-refractivity contribution in [3.63, 3.8) is 0 Å². The minimum atomic E-state index is -0.0825. The van der Waals surface area contributed by atoms with Crippen LogP contribution in [0, 0.1) is 52.8 Å². The maximum Gasteiger partial charge on any atom is 0.139 e. The Bertz CT molecular complexity index is 680. The first-order chi connectivity index (χ1) is 12.9. The lowest BCUT2D eigenvalue weighted by Crippen LogP contribution is -2.56. The Morgan fingerprint density at radius 3 is 2.78 bits per heavy atom. The molecule has 4 saturated carbocycles. The number of carbonyl (C=O) groups excluding carboxylic acids is 1. The summed E-state index contributed by atoms with van der Waals surface area (Å²) < 4.78 is 0. The molecule has 0 radical (unpaired) electrons. The van der Waals surface area contributed by atoms with E-state index in [0.29, 0.717) is 42.6 Å². The lowest BCUT2D eigenvalue weighted by atomic mass is 9.43. The second-order valence-corrected chi connectivity index (χ2v) is 9.90. The molecular weight excluding hydrogens is 336 g/mol. The molecule has 0 aliphatic heterocycles. The molecule has 0 aromatic rings. The molecule has 4 aliphatic rings. The molecule has 1 unspecified atom stereocenters. The summed E-state index contributed by atoms with van der Waals surface area (Å²) >= 11 is 0. The lowest BCUT2D eigenvalue weighted by Gasteiger charge is -2.61. The van der Waals surface area contributed by atoms with Gasteiger partial charge in [-0.15, -0.1) is 12.3 Å². The summed E-state index contributed by atoms with van der Waals surface area (Å²) in [5.74, 6) is 6.28. The van der Waals surface area contributed by atoms with E-state index in [2.05, 4.69) is 24.9 Å². The van der Waals surface area contributed by atoms with E-state index in [-0.39, 0.29) is 16.7 Å². The smallest absolute Gasteiger partial charge is 0.139 e. The van der Waals surface area contributed by atoms with E-state index in [1.165, 1.54) is 6.42 Å². The highest BCUT2D eigenvalue weighted by Crippen LogP contribution is 2.66. The van der Waals surface area contributed by atoms with Gasteiger partial charge in [-0.3, -0.25) is 4.79 Å². The highest BCUT2D eigenvalue weighted by atomic mass is 16.6. The average Bonchev–Trinajstić information content (AvgIpc) is 2.96. The molecule has 27 heavy (non-hydrogen) atoms. The van der Waals surface area contributed by atoms with Crippen LogP contribution in [-0.4, -0.2) is 24.6 Å². The van der Waals surface area contributed by atoms with Crippen LogP contribution in [0.15, 0.2) is 5.16 Å². The fraction of sp³-hybridized carbons (Fsp3) is 0.826. The summed E-state index contributed by atoms with van der Waals surface area (Å²) in [5, 5.41) is 4.37. The van der Waals surface area contributed by atoms with Crippen LogP contribution >= 0.6 is 0 Å². The number of nitrogens with two attached hydrogens (primary N) is 1. The Balaban J connectivity index is 1.60. The van der Waals surface area contributed by atoms with Crippen molar-refractivity contribution in [1.82, 2.24) is 0 Å². The number of nitrogens with zero attached hydrogens (tertiary/aromatic N) is 1. The van der Waals surface area contributed by atoms with Gasteiger partial charge in [0.2, 0.25) is 0 Å². The number of carbonyl (C=O) groups is 1. The first-order valence-corrected chi connectivity index (χ1v) is 10.8. The summed E-state index contributed by atoms with van der Waals surface area (Å²) in [7, 11) is 0. The third-order valence-electron chi connectivity index (χ3n) is 8.88. The number of ketones is 1. The molecular formula is C23H34N2O2. The van der Waals surface area contributed by atoms with Gasteiger partial charge < -0.3 is 10.6 Å². The predicted molar refractivity (Wildman–Crippen MR) is 107 cm³/mol. The van der Waals surface area contributed by atoms with Gasteiger partial charge in [0, 0.05) is 24.3 Å². The molecule has 4 nitrogen and oxygen atoms in total. The van der Waals surface area contributed by atoms with E-state index in [4.69, 9.17) is 17.0 Å². The SMILES string of the molecule is C#C[C@H]1C[C@@H]2[C@H](CC[C@]3(C)C(=O)CC[C@@H]23)[C@@]2(C)CC/C(=N/OCCN)CC12. The standard InChI is InChI=1S/C23H34N2O2/c1-4-15-13-17-18-5-6-21(26)23(18,3)10-8-19(17)22(2)9-7-16(14-20(15)22)25-27-12-11-24/h1,15,17-20H,5-14,24H2,2-3H3/b25-16-/t15-,17-,18-,19-,20?,22+,23-/m0/s1. The number of Topliss-reactive ketones (excluding diaryl/α,β-unsaturated/α-hetero) is 1. The minimum Gasteiger partial charge on any atom is -0.395 e. The van der Waals surface area contributed by atoms with Gasteiger partial charge in [-0.2, -0.15) is 0 Å². The Morgan fingerprint density at radius 1 is 1.22 bits per heavy atom. The first-order valence-electron chi connectivity index (χ1n) is 10.8.